The van der Waals surface area contributed by atoms with Crippen molar-refractivity contribution in [1.29, 1.82) is 0 Å². The molecule has 2 rings (SSSR count). The number of carbonyl (C=O) groups is 1. The van der Waals surface area contributed by atoms with Crippen molar-refractivity contribution in [3.63, 3.8) is 0 Å². The summed E-state index contributed by atoms with van der Waals surface area (Å²) in [6.07, 6.45) is 10.6. The first-order valence-electron chi connectivity index (χ1n) is 8.29. The van der Waals surface area contributed by atoms with Crippen molar-refractivity contribution in [2.75, 3.05) is 6.61 Å². The molecule has 116 valence electrons. The number of hydrogen-bond acceptors (Lipinski definition) is 3. The Bertz CT molecular complexity index is 311. The van der Waals surface area contributed by atoms with Gasteiger partial charge >= 0.3 is 5.97 Å². The summed E-state index contributed by atoms with van der Waals surface area (Å²) in [5, 5.41) is 13.3. The highest BCUT2D eigenvalue weighted by atomic mass is 16.5. The van der Waals surface area contributed by atoms with Crippen LogP contribution in [0.15, 0.2) is 0 Å². The van der Waals surface area contributed by atoms with Crippen molar-refractivity contribution in [3.8, 4) is 0 Å². The number of hydrogen-bond donors (Lipinski definition) is 2. The molecule has 2 aliphatic rings. The third-order valence-electron chi connectivity index (χ3n) is 4.81. The molecule has 4 heteroatoms. The molecule has 4 nitrogen and oxygen atoms in total. The first-order valence-corrected chi connectivity index (χ1v) is 8.29. The maximum absolute atomic E-state index is 11.9. The largest absolute Gasteiger partial charge is 0.480 e. The Morgan fingerprint density at radius 3 is 2.60 bits per heavy atom. The van der Waals surface area contributed by atoms with E-state index in [1.165, 1.54) is 25.7 Å². The van der Waals surface area contributed by atoms with Crippen molar-refractivity contribution >= 4 is 5.97 Å². The summed E-state index contributed by atoms with van der Waals surface area (Å²) in [5.41, 5.74) is -0.757. The lowest BCUT2D eigenvalue weighted by Crippen LogP contribution is -2.60. The van der Waals surface area contributed by atoms with Gasteiger partial charge in [-0.1, -0.05) is 39.0 Å². The van der Waals surface area contributed by atoms with E-state index in [1.807, 2.05) is 0 Å². The van der Waals surface area contributed by atoms with Gasteiger partial charge < -0.3 is 9.84 Å². The first-order chi connectivity index (χ1) is 9.66. The average molecular weight is 283 g/mol. The quantitative estimate of drug-likeness (QED) is 0.761. The predicted octanol–water partition coefficient (Wildman–Crippen LogP) is 3.10. The molecule has 2 atom stereocenters. The molecule has 2 N–H and O–H groups in total. The van der Waals surface area contributed by atoms with Gasteiger partial charge in [-0.2, -0.15) is 0 Å². The van der Waals surface area contributed by atoms with Crippen molar-refractivity contribution < 1.29 is 14.6 Å². The highest BCUT2D eigenvalue weighted by molar-refractivity contribution is 5.79. The molecule has 2 unspecified atom stereocenters. The fourth-order valence-electron chi connectivity index (χ4n) is 3.66. The average Bonchev–Trinajstić information content (AvgIpc) is 2.68. The molecular formula is C16H29NO3. The van der Waals surface area contributed by atoms with E-state index in [9.17, 15) is 9.90 Å². The van der Waals surface area contributed by atoms with Gasteiger partial charge in [0.15, 0.2) is 0 Å². The summed E-state index contributed by atoms with van der Waals surface area (Å²) in [4.78, 5) is 11.9. The molecule has 0 bridgehead atoms. The number of ether oxygens (including phenoxy) is 1. The fourth-order valence-corrected chi connectivity index (χ4v) is 3.66. The van der Waals surface area contributed by atoms with E-state index in [0.29, 0.717) is 25.5 Å². The van der Waals surface area contributed by atoms with Crippen molar-refractivity contribution in [1.82, 2.24) is 5.32 Å². The van der Waals surface area contributed by atoms with Crippen molar-refractivity contribution in [3.05, 3.63) is 0 Å². The predicted molar refractivity (Wildman–Crippen MR) is 78.9 cm³/mol. The van der Waals surface area contributed by atoms with E-state index in [0.717, 1.165) is 25.7 Å². The maximum Gasteiger partial charge on any atom is 0.324 e. The van der Waals surface area contributed by atoms with Crippen LogP contribution in [0.4, 0.5) is 0 Å². The van der Waals surface area contributed by atoms with Gasteiger partial charge in [-0.15, -0.1) is 0 Å². The molecule has 0 aromatic carbocycles. The molecule has 1 saturated heterocycles. The lowest BCUT2D eigenvalue weighted by atomic mass is 9.84. The molecule has 1 aliphatic heterocycles. The lowest BCUT2D eigenvalue weighted by molar-refractivity contribution is -0.153. The summed E-state index contributed by atoms with van der Waals surface area (Å²) in [7, 11) is 0. The molecule has 1 saturated carbocycles. The summed E-state index contributed by atoms with van der Waals surface area (Å²) in [6.45, 7) is 2.69. The standard InChI is InChI=1S/C16H29NO3/c1-2-7-14-12-16(15(18)19,10-11-20-14)17-13-8-5-3-4-6-9-13/h13-14,17H,2-12H2,1H3,(H,18,19). The zero-order valence-corrected chi connectivity index (χ0v) is 12.7. The monoisotopic (exact) mass is 283 g/mol. The Morgan fingerprint density at radius 1 is 1.30 bits per heavy atom. The molecule has 0 radical (unpaired) electrons. The van der Waals surface area contributed by atoms with Crippen LogP contribution in [0.25, 0.3) is 0 Å². The normalized spacial score (nSPS) is 32.8. The van der Waals surface area contributed by atoms with Crippen LogP contribution in [0.3, 0.4) is 0 Å². The molecule has 0 spiro atoms. The lowest BCUT2D eigenvalue weighted by Gasteiger charge is -2.40. The van der Waals surface area contributed by atoms with Crippen LogP contribution >= 0.6 is 0 Å². The molecule has 1 heterocycles. The van der Waals surface area contributed by atoms with Crippen LogP contribution < -0.4 is 5.32 Å². The highest BCUT2D eigenvalue weighted by Crippen LogP contribution is 2.30. The second-order valence-electron chi connectivity index (χ2n) is 6.46. The van der Waals surface area contributed by atoms with Crippen LogP contribution in [0, 0.1) is 0 Å². The van der Waals surface area contributed by atoms with E-state index >= 15 is 0 Å². The molecule has 0 aromatic rings. The minimum absolute atomic E-state index is 0.100. The van der Waals surface area contributed by atoms with Crippen LogP contribution in [0.5, 0.6) is 0 Å². The van der Waals surface area contributed by atoms with Gasteiger partial charge in [0, 0.05) is 19.1 Å². The van der Waals surface area contributed by atoms with Gasteiger partial charge in [0.2, 0.25) is 0 Å². The molecule has 0 aromatic heterocycles. The molecule has 0 amide bonds. The Balaban J connectivity index is 2.02. The number of rotatable bonds is 5. The van der Waals surface area contributed by atoms with Crippen molar-refractivity contribution in [2.24, 2.45) is 0 Å². The first kappa shape index (κ1) is 15.8. The minimum atomic E-state index is -0.757. The van der Waals surface area contributed by atoms with E-state index in [1.54, 1.807) is 0 Å². The summed E-state index contributed by atoms with van der Waals surface area (Å²) in [5.74, 6) is -0.689. The van der Waals surface area contributed by atoms with Gasteiger partial charge in [0.1, 0.15) is 5.54 Å². The SMILES string of the molecule is CCCC1CC(NC2CCCCCC2)(C(=O)O)CCO1. The van der Waals surface area contributed by atoms with Crippen molar-refractivity contribution in [2.45, 2.75) is 88.8 Å². The fraction of sp³-hybridized carbons (Fsp3) is 0.938. The second kappa shape index (κ2) is 7.41. The highest BCUT2D eigenvalue weighted by Gasteiger charge is 2.44. The Kier molecular flexibility index (Phi) is 5.85. The number of aliphatic carboxylic acids is 1. The minimum Gasteiger partial charge on any atom is -0.480 e. The maximum atomic E-state index is 11.9. The Labute approximate surface area is 122 Å². The number of nitrogens with one attached hydrogen (secondary N) is 1. The molecule has 2 fully saturated rings. The van der Waals surface area contributed by atoms with Crippen LogP contribution in [0.1, 0.15) is 71.1 Å². The van der Waals surface area contributed by atoms with Crippen LogP contribution in [-0.2, 0) is 9.53 Å². The van der Waals surface area contributed by atoms with E-state index in [-0.39, 0.29) is 6.10 Å². The summed E-state index contributed by atoms with van der Waals surface area (Å²) < 4.78 is 5.73. The zero-order chi connectivity index (χ0) is 14.4. The molecular weight excluding hydrogens is 254 g/mol. The Hall–Kier alpha value is -0.610. The molecule has 1 aliphatic carbocycles. The third kappa shape index (κ3) is 3.95. The van der Waals surface area contributed by atoms with Gasteiger partial charge in [-0.3, -0.25) is 10.1 Å². The van der Waals surface area contributed by atoms with Gasteiger partial charge in [-0.25, -0.2) is 0 Å². The third-order valence-corrected chi connectivity index (χ3v) is 4.81. The summed E-state index contributed by atoms with van der Waals surface area (Å²) >= 11 is 0. The molecule has 20 heavy (non-hydrogen) atoms. The smallest absolute Gasteiger partial charge is 0.324 e. The van der Waals surface area contributed by atoms with Crippen LogP contribution in [-0.4, -0.2) is 35.4 Å². The van der Waals surface area contributed by atoms with Gasteiger partial charge in [-0.05, 0) is 25.7 Å². The zero-order valence-electron chi connectivity index (χ0n) is 12.7. The van der Waals surface area contributed by atoms with Gasteiger partial charge in [0.05, 0.1) is 6.10 Å². The topological polar surface area (TPSA) is 58.6 Å². The summed E-state index contributed by atoms with van der Waals surface area (Å²) in [6, 6.07) is 0.369. The van der Waals surface area contributed by atoms with E-state index in [4.69, 9.17) is 4.74 Å². The van der Waals surface area contributed by atoms with E-state index < -0.39 is 11.5 Å². The number of carboxylic acids is 1. The van der Waals surface area contributed by atoms with E-state index in [2.05, 4.69) is 12.2 Å². The second-order valence-corrected chi connectivity index (χ2v) is 6.46. The Morgan fingerprint density at radius 2 is 2.00 bits per heavy atom. The van der Waals surface area contributed by atoms with Crippen LogP contribution in [0.2, 0.25) is 0 Å². The van der Waals surface area contributed by atoms with Gasteiger partial charge in [0.25, 0.3) is 0 Å². The number of carboxylic acid groups (broad SMARTS) is 1.